The van der Waals surface area contributed by atoms with Crippen LogP contribution in [-0.2, 0) is 25.6 Å². The van der Waals surface area contributed by atoms with Crippen molar-refractivity contribution in [3.05, 3.63) is 66.1 Å². The molecule has 1 atom stereocenters. The van der Waals surface area contributed by atoms with E-state index in [0.717, 1.165) is 5.56 Å². The molecule has 0 unspecified atom stereocenters. The Morgan fingerprint density at radius 3 is 2.41 bits per heavy atom. The molecule has 0 aliphatic rings. The molecule has 3 amide bonds. The number of aliphatic carboxylic acids is 1. The summed E-state index contributed by atoms with van der Waals surface area (Å²) < 4.78 is 5.10. The first-order chi connectivity index (χ1) is 13.9. The van der Waals surface area contributed by atoms with Crippen LogP contribution in [0.25, 0.3) is 6.08 Å². The summed E-state index contributed by atoms with van der Waals surface area (Å²) in [5, 5.41) is 17.4. The molecule has 0 saturated carbocycles. The molecule has 0 aliphatic heterocycles. The zero-order valence-corrected chi connectivity index (χ0v) is 15.4. The zero-order valence-electron chi connectivity index (χ0n) is 15.4. The fraction of sp³-hybridized carbons (Fsp3) is 0.200. The molecule has 9 heteroatoms. The highest BCUT2D eigenvalue weighted by Crippen LogP contribution is 2.05. The number of amides is 3. The van der Waals surface area contributed by atoms with Crippen LogP contribution in [0.2, 0.25) is 0 Å². The number of benzene rings is 1. The molecular weight excluding hydrogens is 378 g/mol. The summed E-state index contributed by atoms with van der Waals surface area (Å²) in [6, 6.07) is 11.4. The summed E-state index contributed by atoms with van der Waals surface area (Å²) in [7, 11) is 0. The van der Waals surface area contributed by atoms with Crippen molar-refractivity contribution in [2.75, 3.05) is 13.1 Å². The van der Waals surface area contributed by atoms with Crippen molar-refractivity contribution in [3.8, 4) is 0 Å². The normalized spacial score (nSPS) is 11.6. The molecule has 0 bridgehead atoms. The third-order valence-corrected chi connectivity index (χ3v) is 3.71. The van der Waals surface area contributed by atoms with Gasteiger partial charge in [0.2, 0.25) is 17.7 Å². The van der Waals surface area contributed by atoms with Gasteiger partial charge < -0.3 is 30.3 Å². The Hall–Kier alpha value is -3.88. The monoisotopic (exact) mass is 398 g/mol. The maximum absolute atomic E-state index is 12.5. The van der Waals surface area contributed by atoms with Crippen molar-refractivity contribution in [2.45, 2.75) is 12.5 Å². The fourth-order valence-electron chi connectivity index (χ4n) is 2.35. The number of carbonyl (C=O) groups excluding carboxylic acids is 4. The Bertz CT molecular complexity index is 862. The smallest absolute Gasteiger partial charge is 0.244 e. The largest absolute Gasteiger partial charge is 0.548 e. The molecular formula is C20H20N3O6-. The third-order valence-electron chi connectivity index (χ3n) is 3.71. The molecule has 0 radical (unpaired) electrons. The van der Waals surface area contributed by atoms with Gasteiger partial charge in [-0.05, 0) is 23.8 Å². The lowest BCUT2D eigenvalue weighted by molar-refractivity contribution is -0.304. The molecule has 2 aromatic rings. The van der Waals surface area contributed by atoms with Gasteiger partial charge in [-0.25, -0.2) is 0 Å². The van der Waals surface area contributed by atoms with Crippen molar-refractivity contribution in [1.82, 2.24) is 16.0 Å². The highest BCUT2D eigenvalue weighted by atomic mass is 16.4. The first kappa shape index (κ1) is 21.4. The van der Waals surface area contributed by atoms with E-state index in [1.807, 2.05) is 6.07 Å². The molecule has 0 saturated heterocycles. The minimum Gasteiger partial charge on any atom is -0.548 e. The average molecular weight is 398 g/mol. The fourth-order valence-corrected chi connectivity index (χ4v) is 2.35. The number of hydrogen-bond acceptors (Lipinski definition) is 6. The number of carboxylic acids is 1. The van der Waals surface area contributed by atoms with E-state index < -0.39 is 42.8 Å². The number of carbonyl (C=O) groups is 4. The summed E-state index contributed by atoms with van der Waals surface area (Å²) in [5.41, 5.74) is 0.810. The summed E-state index contributed by atoms with van der Waals surface area (Å²) in [6.45, 7) is -1.09. The lowest BCUT2D eigenvalue weighted by Gasteiger charge is -2.18. The Kier molecular flexibility index (Phi) is 8.18. The van der Waals surface area contributed by atoms with Crippen LogP contribution in [0.15, 0.2) is 59.2 Å². The van der Waals surface area contributed by atoms with E-state index in [9.17, 15) is 24.3 Å². The highest BCUT2D eigenvalue weighted by molar-refractivity contribution is 5.96. The van der Waals surface area contributed by atoms with Gasteiger partial charge in [-0.1, -0.05) is 30.3 Å². The van der Waals surface area contributed by atoms with Crippen LogP contribution in [0.5, 0.6) is 0 Å². The predicted octanol–water partition coefficient (Wildman–Crippen LogP) is -0.997. The van der Waals surface area contributed by atoms with Crippen LogP contribution in [0.3, 0.4) is 0 Å². The van der Waals surface area contributed by atoms with Crippen molar-refractivity contribution in [2.24, 2.45) is 0 Å². The van der Waals surface area contributed by atoms with Gasteiger partial charge in [0.05, 0.1) is 25.3 Å². The lowest BCUT2D eigenvalue weighted by atomic mass is 10.1. The molecule has 9 nitrogen and oxygen atoms in total. The van der Waals surface area contributed by atoms with Crippen LogP contribution in [0, 0.1) is 0 Å². The quantitative estimate of drug-likeness (QED) is 0.439. The topological polar surface area (TPSA) is 141 Å². The van der Waals surface area contributed by atoms with Gasteiger partial charge >= 0.3 is 0 Å². The minimum absolute atomic E-state index is 0.202. The molecule has 152 valence electrons. The number of hydrogen-bond donors (Lipinski definition) is 3. The molecule has 29 heavy (non-hydrogen) atoms. The van der Waals surface area contributed by atoms with Crippen molar-refractivity contribution in [3.63, 3.8) is 0 Å². The average Bonchev–Trinajstić information content (AvgIpc) is 3.23. The number of carboxylic acid groups (broad SMARTS) is 1. The first-order valence-corrected chi connectivity index (χ1v) is 8.74. The predicted molar refractivity (Wildman–Crippen MR) is 101 cm³/mol. The van der Waals surface area contributed by atoms with Crippen molar-refractivity contribution < 1.29 is 28.7 Å². The van der Waals surface area contributed by atoms with Crippen LogP contribution < -0.4 is 21.1 Å². The standard InChI is InChI=1S/C20H21N3O6/c24-17(9-8-15-7-4-10-29-15)23-16(11-14-5-2-1-3-6-14)20(28)22-12-18(25)21-13-19(26)27/h1-10,16H,11-13H2,(H,21,25)(H,22,28)(H,23,24)(H,26,27)/p-1/b9-8+/t16-/m0/s1. The molecule has 1 aromatic heterocycles. The van der Waals surface area contributed by atoms with Gasteiger partial charge in [0, 0.05) is 12.5 Å². The third kappa shape index (κ3) is 8.12. The Morgan fingerprint density at radius 2 is 1.76 bits per heavy atom. The summed E-state index contributed by atoms with van der Waals surface area (Å²) >= 11 is 0. The lowest BCUT2D eigenvalue weighted by Crippen LogP contribution is -2.50. The van der Waals surface area contributed by atoms with E-state index in [0.29, 0.717) is 5.76 Å². The number of furan rings is 1. The van der Waals surface area contributed by atoms with Crippen molar-refractivity contribution in [1.29, 1.82) is 0 Å². The molecule has 0 spiro atoms. The molecule has 1 heterocycles. The Balaban J connectivity index is 1.97. The van der Waals surface area contributed by atoms with Crippen molar-refractivity contribution >= 4 is 29.8 Å². The van der Waals surface area contributed by atoms with Crippen LogP contribution in [-0.4, -0.2) is 42.8 Å². The second-order valence-corrected chi connectivity index (χ2v) is 5.97. The van der Waals surface area contributed by atoms with Gasteiger partial charge in [0.1, 0.15) is 11.8 Å². The van der Waals surface area contributed by atoms with E-state index in [1.54, 1.807) is 36.4 Å². The van der Waals surface area contributed by atoms with Gasteiger partial charge in [-0.2, -0.15) is 0 Å². The second-order valence-electron chi connectivity index (χ2n) is 5.97. The second kappa shape index (κ2) is 11.1. The summed E-state index contributed by atoms with van der Waals surface area (Å²) in [6.07, 6.45) is 4.36. The maximum atomic E-state index is 12.5. The maximum Gasteiger partial charge on any atom is 0.244 e. The molecule has 2 rings (SSSR count). The van der Waals surface area contributed by atoms with Crippen LogP contribution >= 0.6 is 0 Å². The first-order valence-electron chi connectivity index (χ1n) is 8.74. The highest BCUT2D eigenvalue weighted by Gasteiger charge is 2.21. The van der Waals surface area contributed by atoms with Crippen LogP contribution in [0.1, 0.15) is 11.3 Å². The van der Waals surface area contributed by atoms with E-state index >= 15 is 0 Å². The van der Waals surface area contributed by atoms with Gasteiger partial charge in [0.25, 0.3) is 0 Å². The van der Waals surface area contributed by atoms with Gasteiger partial charge in [-0.15, -0.1) is 0 Å². The zero-order chi connectivity index (χ0) is 21.1. The molecule has 1 aromatic carbocycles. The Morgan fingerprint density at radius 1 is 1.00 bits per heavy atom. The van der Waals surface area contributed by atoms with E-state index in [1.165, 1.54) is 18.4 Å². The van der Waals surface area contributed by atoms with E-state index in [4.69, 9.17) is 4.42 Å². The Labute approximate surface area is 166 Å². The van der Waals surface area contributed by atoms with Crippen LogP contribution in [0.4, 0.5) is 0 Å². The summed E-state index contributed by atoms with van der Waals surface area (Å²) in [5.74, 6) is -2.75. The number of nitrogens with one attached hydrogen (secondary N) is 3. The summed E-state index contributed by atoms with van der Waals surface area (Å²) in [4.78, 5) is 46.6. The van der Waals surface area contributed by atoms with E-state index in [2.05, 4.69) is 16.0 Å². The minimum atomic E-state index is -1.44. The molecule has 0 fully saturated rings. The van der Waals surface area contributed by atoms with Gasteiger partial charge in [0.15, 0.2) is 0 Å². The molecule has 0 aliphatic carbocycles. The number of rotatable bonds is 10. The SMILES string of the molecule is O=C([O-])CNC(=O)CNC(=O)[C@H](Cc1ccccc1)NC(=O)/C=C/c1ccco1. The van der Waals surface area contributed by atoms with Gasteiger partial charge in [-0.3, -0.25) is 14.4 Å². The van der Waals surface area contributed by atoms with E-state index in [-0.39, 0.29) is 6.42 Å². The molecule has 3 N–H and O–H groups in total.